The molecule has 9 heteroatoms. The van der Waals surface area contributed by atoms with Gasteiger partial charge in [-0.15, -0.1) is 22.7 Å². The van der Waals surface area contributed by atoms with Crippen LogP contribution in [-0.2, 0) is 19.9 Å². The molecular formula is C20H24BrNO5S2. The van der Waals surface area contributed by atoms with Gasteiger partial charge in [0.1, 0.15) is 11.7 Å². The fraction of sp³-hybridized carbons (Fsp3) is 0.500. The zero-order valence-corrected chi connectivity index (χ0v) is 19.7. The van der Waals surface area contributed by atoms with Gasteiger partial charge < -0.3 is 19.5 Å². The van der Waals surface area contributed by atoms with Crippen molar-refractivity contribution in [1.29, 1.82) is 0 Å². The summed E-state index contributed by atoms with van der Waals surface area (Å²) in [5.74, 6) is -0.690. The summed E-state index contributed by atoms with van der Waals surface area (Å²) in [4.78, 5) is 27.9. The molecule has 1 aliphatic heterocycles. The van der Waals surface area contributed by atoms with Gasteiger partial charge in [-0.25, -0.2) is 9.59 Å². The highest BCUT2D eigenvalue weighted by Crippen LogP contribution is 2.40. The fourth-order valence-electron chi connectivity index (χ4n) is 3.04. The number of hydrogen-bond donors (Lipinski definition) is 1. The molecule has 3 heterocycles. The molecule has 3 rings (SSSR count). The van der Waals surface area contributed by atoms with Crippen molar-refractivity contribution >= 4 is 50.7 Å². The Morgan fingerprint density at radius 1 is 1.17 bits per heavy atom. The van der Waals surface area contributed by atoms with E-state index in [4.69, 9.17) is 9.47 Å². The number of aliphatic hydroxyl groups is 1. The number of ether oxygens (including phenoxy) is 2. The van der Waals surface area contributed by atoms with E-state index in [1.165, 1.54) is 22.7 Å². The Hall–Kier alpha value is -1.42. The Labute approximate surface area is 186 Å². The number of halogens is 1. The highest BCUT2D eigenvalue weighted by molar-refractivity contribution is 9.11. The first-order chi connectivity index (χ1) is 13.6. The molecule has 1 amide bonds. The summed E-state index contributed by atoms with van der Waals surface area (Å²) < 4.78 is 11.9. The number of thiophene rings is 2. The summed E-state index contributed by atoms with van der Waals surface area (Å²) in [6.45, 7) is 6.36. The van der Waals surface area contributed by atoms with Crippen LogP contribution in [0.2, 0.25) is 0 Å². The lowest BCUT2D eigenvalue weighted by Gasteiger charge is -2.34. The maximum atomic E-state index is 13.1. The third kappa shape index (κ3) is 5.20. The normalized spacial score (nSPS) is 17.6. The quantitative estimate of drug-likeness (QED) is 0.611. The van der Waals surface area contributed by atoms with E-state index in [2.05, 4.69) is 15.9 Å². The Balaban J connectivity index is 1.67. The highest BCUT2D eigenvalue weighted by Gasteiger charge is 2.45. The zero-order valence-electron chi connectivity index (χ0n) is 16.5. The van der Waals surface area contributed by atoms with Crippen molar-refractivity contribution in [2.75, 3.05) is 13.1 Å². The SMILES string of the molecule is CC(C)(C)OC(=O)N1CCC(OC(=O)[C@](O)(c2cccs2)c2ccc(Br)s2)CC1. The van der Waals surface area contributed by atoms with Crippen molar-refractivity contribution in [3.05, 3.63) is 43.2 Å². The largest absolute Gasteiger partial charge is 0.460 e. The summed E-state index contributed by atoms with van der Waals surface area (Å²) in [6, 6.07) is 7.04. The summed E-state index contributed by atoms with van der Waals surface area (Å²) in [6.07, 6.45) is 0.274. The molecule has 0 radical (unpaired) electrons. The summed E-state index contributed by atoms with van der Waals surface area (Å²) in [7, 11) is 0. The van der Waals surface area contributed by atoms with Gasteiger partial charge >= 0.3 is 12.1 Å². The number of carbonyl (C=O) groups excluding carboxylic acids is 2. The molecule has 1 atom stereocenters. The first kappa shape index (κ1) is 22.3. The Bertz CT molecular complexity index is 853. The molecule has 0 spiro atoms. The summed E-state index contributed by atoms with van der Waals surface area (Å²) in [5.41, 5.74) is -2.39. The number of hydrogen-bond acceptors (Lipinski definition) is 7. The van der Waals surface area contributed by atoms with Gasteiger partial charge in [0.05, 0.1) is 13.5 Å². The Kier molecular flexibility index (Phi) is 6.72. The van der Waals surface area contributed by atoms with Crippen LogP contribution in [0, 0.1) is 0 Å². The zero-order chi connectivity index (χ0) is 21.2. The van der Waals surface area contributed by atoms with Crippen molar-refractivity contribution in [3.63, 3.8) is 0 Å². The average molecular weight is 502 g/mol. The fourth-order valence-corrected chi connectivity index (χ4v) is 5.40. The van der Waals surface area contributed by atoms with E-state index >= 15 is 0 Å². The van der Waals surface area contributed by atoms with E-state index in [1.54, 1.807) is 29.2 Å². The molecule has 158 valence electrons. The van der Waals surface area contributed by atoms with Crippen molar-refractivity contribution in [2.24, 2.45) is 0 Å². The van der Waals surface area contributed by atoms with E-state index in [1.807, 2.05) is 26.2 Å². The standard InChI is InChI=1S/C20H24BrNO5S2/c1-19(2,3)27-18(24)22-10-8-13(9-11-22)26-17(23)20(25,14-5-4-12-28-14)15-6-7-16(21)29-15/h4-7,12-13,25H,8-11H2,1-3H3/t20-/m0/s1. The Morgan fingerprint density at radius 3 is 2.38 bits per heavy atom. The lowest BCUT2D eigenvalue weighted by atomic mass is 9.99. The molecule has 1 aliphatic rings. The predicted molar refractivity (Wildman–Crippen MR) is 116 cm³/mol. The first-order valence-electron chi connectivity index (χ1n) is 9.31. The second-order valence-electron chi connectivity index (χ2n) is 7.86. The van der Waals surface area contributed by atoms with Crippen molar-refractivity contribution in [3.8, 4) is 0 Å². The van der Waals surface area contributed by atoms with E-state index in [-0.39, 0.29) is 12.2 Å². The maximum Gasteiger partial charge on any atom is 0.410 e. The number of nitrogens with zero attached hydrogens (tertiary/aromatic N) is 1. The van der Waals surface area contributed by atoms with Crippen LogP contribution in [0.3, 0.4) is 0 Å². The highest BCUT2D eigenvalue weighted by atomic mass is 79.9. The van der Waals surface area contributed by atoms with Crippen molar-refractivity contribution < 1.29 is 24.2 Å². The van der Waals surface area contributed by atoms with Crippen LogP contribution in [-0.4, -0.2) is 46.9 Å². The number of rotatable bonds is 4. The molecule has 6 nitrogen and oxygen atoms in total. The van der Waals surface area contributed by atoms with Gasteiger partial charge in [-0.05, 0) is 60.3 Å². The maximum absolute atomic E-state index is 13.1. The van der Waals surface area contributed by atoms with Crippen LogP contribution in [0.1, 0.15) is 43.4 Å². The van der Waals surface area contributed by atoms with Gasteiger partial charge in [0.15, 0.2) is 0 Å². The van der Waals surface area contributed by atoms with Crippen molar-refractivity contribution in [1.82, 2.24) is 4.90 Å². The predicted octanol–water partition coefficient (Wildman–Crippen LogP) is 4.75. The smallest absolute Gasteiger partial charge is 0.410 e. The second kappa shape index (κ2) is 8.75. The molecule has 0 saturated carbocycles. The van der Waals surface area contributed by atoms with Gasteiger partial charge in [0.2, 0.25) is 5.60 Å². The van der Waals surface area contributed by atoms with Gasteiger partial charge in [0, 0.05) is 25.9 Å². The van der Waals surface area contributed by atoms with Gasteiger partial charge in [0.25, 0.3) is 0 Å². The van der Waals surface area contributed by atoms with E-state index in [9.17, 15) is 14.7 Å². The van der Waals surface area contributed by atoms with Gasteiger partial charge in [-0.1, -0.05) is 6.07 Å². The van der Waals surface area contributed by atoms with Gasteiger partial charge in [-0.3, -0.25) is 0 Å². The molecule has 1 N–H and O–H groups in total. The summed E-state index contributed by atoms with van der Waals surface area (Å²) in [5, 5.41) is 13.2. The molecule has 0 unspecified atom stereocenters. The second-order valence-corrected chi connectivity index (χ2v) is 11.3. The molecular weight excluding hydrogens is 478 g/mol. The van der Waals surface area contributed by atoms with E-state index in [0.717, 1.165) is 3.79 Å². The Morgan fingerprint density at radius 2 is 1.86 bits per heavy atom. The van der Waals surface area contributed by atoms with Crippen LogP contribution in [0.4, 0.5) is 4.79 Å². The number of esters is 1. The molecule has 29 heavy (non-hydrogen) atoms. The van der Waals surface area contributed by atoms with Crippen LogP contribution in [0.5, 0.6) is 0 Å². The van der Waals surface area contributed by atoms with Crippen LogP contribution in [0.25, 0.3) is 0 Å². The average Bonchev–Trinajstić information content (AvgIpc) is 3.32. The number of piperidine rings is 1. The lowest BCUT2D eigenvalue weighted by molar-refractivity contribution is -0.169. The molecule has 1 saturated heterocycles. The number of amides is 1. The van der Waals surface area contributed by atoms with E-state index < -0.39 is 17.2 Å². The van der Waals surface area contributed by atoms with E-state index in [0.29, 0.717) is 35.7 Å². The van der Waals surface area contributed by atoms with Crippen LogP contribution >= 0.6 is 38.6 Å². The third-order valence-corrected chi connectivity index (χ3v) is 7.18. The third-order valence-electron chi connectivity index (χ3n) is 4.47. The monoisotopic (exact) mass is 501 g/mol. The molecule has 0 bridgehead atoms. The minimum absolute atomic E-state index is 0.360. The summed E-state index contributed by atoms with van der Waals surface area (Å²) >= 11 is 5.99. The molecule has 0 aromatic carbocycles. The van der Waals surface area contributed by atoms with Crippen molar-refractivity contribution in [2.45, 2.75) is 50.9 Å². The lowest BCUT2D eigenvalue weighted by Crippen LogP contribution is -2.45. The minimum atomic E-state index is -1.84. The van der Waals surface area contributed by atoms with Crippen LogP contribution in [0.15, 0.2) is 33.4 Å². The molecule has 1 fully saturated rings. The van der Waals surface area contributed by atoms with Gasteiger partial charge in [-0.2, -0.15) is 0 Å². The van der Waals surface area contributed by atoms with Crippen LogP contribution < -0.4 is 0 Å². The minimum Gasteiger partial charge on any atom is -0.460 e. The molecule has 0 aliphatic carbocycles. The first-order valence-corrected chi connectivity index (χ1v) is 11.8. The molecule has 2 aromatic rings. The molecule has 2 aromatic heterocycles. The number of likely N-dealkylation sites (tertiary alicyclic amines) is 1. The number of carbonyl (C=O) groups is 2. The topological polar surface area (TPSA) is 76.1 Å².